The number of hydrogen-bond acceptors (Lipinski definition) is 4. The topological polar surface area (TPSA) is 44.7 Å². The first-order valence-electron chi connectivity index (χ1n) is 6.82. The molecule has 2 rings (SSSR count). The fraction of sp³-hybridized carbons (Fsp3) is 1.00. The highest BCUT2D eigenvalue weighted by molar-refractivity contribution is 4.96. The number of β-amino-alcohol motifs (C(OH)–C–C–N with tert-alkyl or cyclic N) is 1. The first kappa shape index (κ1) is 13.3. The van der Waals surface area contributed by atoms with E-state index in [-0.39, 0.29) is 12.2 Å². The number of aliphatic hydroxyl groups excluding tert-OH is 1. The zero-order chi connectivity index (χ0) is 12.4. The predicted octanol–water partition coefficient (Wildman–Crippen LogP) is 0.312. The van der Waals surface area contributed by atoms with Gasteiger partial charge in [-0.1, -0.05) is 0 Å². The summed E-state index contributed by atoms with van der Waals surface area (Å²) in [7, 11) is 0. The van der Waals surface area contributed by atoms with Crippen LogP contribution in [0.5, 0.6) is 0 Å². The molecule has 2 aliphatic heterocycles. The van der Waals surface area contributed by atoms with E-state index in [4.69, 9.17) is 4.74 Å². The van der Waals surface area contributed by atoms with Gasteiger partial charge in [0.25, 0.3) is 0 Å². The molecule has 2 fully saturated rings. The summed E-state index contributed by atoms with van der Waals surface area (Å²) >= 11 is 0. The van der Waals surface area contributed by atoms with Crippen LogP contribution in [0.3, 0.4) is 0 Å². The van der Waals surface area contributed by atoms with E-state index in [0.717, 1.165) is 38.0 Å². The van der Waals surface area contributed by atoms with Crippen molar-refractivity contribution in [2.45, 2.75) is 39.0 Å². The maximum atomic E-state index is 9.96. The van der Waals surface area contributed by atoms with E-state index in [1.54, 1.807) is 0 Å². The van der Waals surface area contributed by atoms with Crippen molar-refractivity contribution in [3.05, 3.63) is 0 Å². The van der Waals surface area contributed by atoms with Crippen LogP contribution in [0.1, 0.15) is 20.8 Å². The molecule has 17 heavy (non-hydrogen) atoms. The van der Waals surface area contributed by atoms with E-state index in [0.29, 0.717) is 12.6 Å². The standard InChI is InChI=1S/C13H26N2O2/c1-9(2)17-8-12(16)7-15-6-11-4-14-5-13(11)10(15)3/h9-14,16H,4-8H2,1-3H3. The van der Waals surface area contributed by atoms with Crippen LogP contribution in [0.25, 0.3) is 0 Å². The fourth-order valence-corrected chi connectivity index (χ4v) is 3.12. The third kappa shape index (κ3) is 3.19. The highest BCUT2D eigenvalue weighted by Gasteiger charge is 2.41. The van der Waals surface area contributed by atoms with Gasteiger partial charge in [0.05, 0.1) is 18.8 Å². The molecule has 0 amide bonds. The third-order valence-electron chi connectivity index (χ3n) is 4.12. The van der Waals surface area contributed by atoms with Crippen molar-refractivity contribution < 1.29 is 9.84 Å². The molecule has 0 aromatic heterocycles. The Balaban J connectivity index is 1.76. The van der Waals surface area contributed by atoms with Crippen molar-refractivity contribution in [3.63, 3.8) is 0 Å². The van der Waals surface area contributed by atoms with E-state index in [1.807, 2.05) is 13.8 Å². The van der Waals surface area contributed by atoms with Crippen LogP contribution >= 0.6 is 0 Å². The Hall–Kier alpha value is -0.160. The molecule has 4 heteroatoms. The first-order valence-corrected chi connectivity index (χ1v) is 6.82. The quantitative estimate of drug-likeness (QED) is 0.728. The molecular formula is C13H26N2O2. The highest BCUT2D eigenvalue weighted by atomic mass is 16.5. The summed E-state index contributed by atoms with van der Waals surface area (Å²) < 4.78 is 5.45. The number of ether oxygens (including phenoxy) is 1. The van der Waals surface area contributed by atoms with E-state index < -0.39 is 0 Å². The summed E-state index contributed by atoms with van der Waals surface area (Å²) in [4.78, 5) is 2.42. The van der Waals surface area contributed by atoms with Gasteiger partial charge >= 0.3 is 0 Å². The Bertz CT molecular complexity index is 248. The van der Waals surface area contributed by atoms with Gasteiger partial charge in [-0.2, -0.15) is 0 Å². The van der Waals surface area contributed by atoms with Crippen LogP contribution in [0.4, 0.5) is 0 Å². The van der Waals surface area contributed by atoms with Gasteiger partial charge in [0.2, 0.25) is 0 Å². The van der Waals surface area contributed by atoms with Gasteiger partial charge in [0, 0.05) is 19.1 Å². The minimum Gasteiger partial charge on any atom is -0.389 e. The molecule has 0 spiro atoms. The average molecular weight is 242 g/mol. The van der Waals surface area contributed by atoms with Crippen molar-refractivity contribution in [1.29, 1.82) is 0 Å². The molecular weight excluding hydrogens is 216 g/mol. The van der Waals surface area contributed by atoms with Gasteiger partial charge in [-0.15, -0.1) is 0 Å². The summed E-state index contributed by atoms with van der Waals surface area (Å²) in [5, 5.41) is 13.4. The van der Waals surface area contributed by atoms with Crippen LogP contribution in [-0.4, -0.2) is 61.0 Å². The molecule has 4 atom stereocenters. The number of likely N-dealkylation sites (tertiary alicyclic amines) is 1. The first-order chi connectivity index (χ1) is 8.08. The summed E-state index contributed by atoms with van der Waals surface area (Å²) in [5.41, 5.74) is 0. The molecule has 0 saturated carbocycles. The molecule has 0 aromatic carbocycles. The number of aliphatic hydroxyl groups is 1. The second-order valence-electron chi connectivity index (χ2n) is 5.81. The minimum absolute atomic E-state index is 0.198. The summed E-state index contributed by atoms with van der Waals surface area (Å²) in [6.45, 7) is 10.9. The summed E-state index contributed by atoms with van der Waals surface area (Å²) in [6.07, 6.45) is -0.157. The van der Waals surface area contributed by atoms with Crippen molar-refractivity contribution in [2.75, 3.05) is 32.8 Å². The molecule has 100 valence electrons. The molecule has 0 aromatic rings. The van der Waals surface area contributed by atoms with Crippen LogP contribution in [0.15, 0.2) is 0 Å². The lowest BCUT2D eigenvalue weighted by atomic mass is 9.95. The summed E-state index contributed by atoms with van der Waals surface area (Å²) in [6, 6.07) is 0.587. The number of rotatable bonds is 5. The zero-order valence-corrected chi connectivity index (χ0v) is 11.2. The van der Waals surface area contributed by atoms with Crippen LogP contribution in [0.2, 0.25) is 0 Å². The van der Waals surface area contributed by atoms with Crippen molar-refractivity contribution in [3.8, 4) is 0 Å². The number of nitrogens with zero attached hydrogens (tertiary/aromatic N) is 1. The van der Waals surface area contributed by atoms with Crippen molar-refractivity contribution in [1.82, 2.24) is 10.2 Å². The molecule has 2 saturated heterocycles. The second kappa shape index (κ2) is 5.65. The Morgan fingerprint density at radius 2 is 2.18 bits per heavy atom. The normalized spacial score (nSPS) is 35.5. The lowest BCUT2D eigenvalue weighted by Crippen LogP contribution is -2.40. The smallest absolute Gasteiger partial charge is 0.0900 e. The lowest BCUT2D eigenvalue weighted by molar-refractivity contribution is -0.0105. The minimum atomic E-state index is -0.355. The fourth-order valence-electron chi connectivity index (χ4n) is 3.12. The van der Waals surface area contributed by atoms with Gasteiger partial charge in [0.15, 0.2) is 0 Å². The van der Waals surface area contributed by atoms with Gasteiger partial charge in [0.1, 0.15) is 0 Å². The number of hydrogen-bond donors (Lipinski definition) is 2. The SMILES string of the molecule is CC(C)OCC(O)CN1CC2CNCC2C1C. The van der Waals surface area contributed by atoms with E-state index >= 15 is 0 Å². The van der Waals surface area contributed by atoms with Crippen molar-refractivity contribution >= 4 is 0 Å². The molecule has 0 bridgehead atoms. The van der Waals surface area contributed by atoms with Crippen LogP contribution < -0.4 is 5.32 Å². The summed E-state index contributed by atoms with van der Waals surface area (Å²) in [5.74, 6) is 1.55. The molecule has 2 N–H and O–H groups in total. The van der Waals surface area contributed by atoms with Gasteiger partial charge < -0.3 is 15.2 Å². The van der Waals surface area contributed by atoms with Crippen LogP contribution in [-0.2, 0) is 4.74 Å². The molecule has 2 aliphatic rings. The molecule has 2 heterocycles. The Morgan fingerprint density at radius 3 is 2.82 bits per heavy atom. The lowest BCUT2D eigenvalue weighted by Gasteiger charge is -2.26. The van der Waals surface area contributed by atoms with Crippen molar-refractivity contribution in [2.24, 2.45) is 11.8 Å². The Labute approximate surface area is 104 Å². The second-order valence-corrected chi connectivity index (χ2v) is 5.81. The van der Waals surface area contributed by atoms with E-state index in [9.17, 15) is 5.11 Å². The van der Waals surface area contributed by atoms with Gasteiger partial charge in [-0.25, -0.2) is 0 Å². The van der Waals surface area contributed by atoms with Crippen LogP contribution in [0, 0.1) is 11.8 Å². The molecule has 0 aliphatic carbocycles. The maximum Gasteiger partial charge on any atom is 0.0900 e. The van der Waals surface area contributed by atoms with Gasteiger partial charge in [-0.05, 0) is 45.7 Å². The Morgan fingerprint density at radius 1 is 1.41 bits per heavy atom. The number of nitrogens with one attached hydrogen (secondary N) is 1. The van der Waals surface area contributed by atoms with Gasteiger partial charge in [-0.3, -0.25) is 4.90 Å². The van der Waals surface area contributed by atoms with E-state index in [1.165, 1.54) is 0 Å². The predicted molar refractivity (Wildman–Crippen MR) is 68.0 cm³/mol. The molecule has 0 radical (unpaired) electrons. The highest BCUT2D eigenvalue weighted by Crippen LogP contribution is 2.32. The molecule has 4 unspecified atom stereocenters. The Kier molecular flexibility index (Phi) is 4.42. The maximum absolute atomic E-state index is 9.96. The monoisotopic (exact) mass is 242 g/mol. The number of fused-ring (bicyclic) bond motifs is 1. The third-order valence-corrected chi connectivity index (χ3v) is 4.12. The van der Waals surface area contributed by atoms with E-state index in [2.05, 4.69) is 17.1 Å². The molecule has 4 nitrogen and oxygen atoms in total. The largest absolute Gasteiger partial charge is 0.389 e. The average Bonchev–Trinajstić information content (AvgIpc) is 2.81. The zero-order valence-electron chi connectivity index (χ0n) is 11.2.